The SMILES string of the molecule is O=C(Cc1ccc(-c2cc(F)cc(F)c2)cn1)C1CCC(N2CCCCC2=O)CC1. The standard InChI is InChI=1S/C24H26F2N2O2/c25-19-11-18(12-20(26)13-19)17-4-7-21(27-15-17)14-23(29)16-5-8-22(9-6-16)28-10-2-1-3-24(28)30/h4,7,11-13,15-16,22H,1-3,5-6,8-10,14H2. The fourth-order valence-electron chi connectivity index (χ4n) is 4.67. The van der Waals surface area contributed by atoms with Gasteiger partial charge in [-0.1, -0.05) is 6.07 Å². The Kier molecular flexibility index (Phi) is 6.21. The van der Waals surface area contributed by atoms with Crippen molar-refractivity contribution in [3.05, 3.63) is 53.9 Å². The van der Waals surface area contributed by atoms with Gasteiger partial charge >= 0.3 is 0 Å². The Morgan fingerprint density at radius 2 is 1.73 bits per heavy atom. The first kappa shape index (κ1) is 20.6. The van der Waals surface area contributed by atoms with Crippen LogP contribution in [0.15, 0.2) is 36.5 Å². The molecule has 2 heterocycles. The highest BCUT2D eigenvalue weighted by Crippen LogP contribution is 2.31. The first-order chi connectivity index (χ1) is 14.5. The van der Waals surface area contributed by atoms with Gasteiger partial charge in [0, 0.05) is 54.9 Å². The summed E-state index contributed by atoms with van der Waals surface area (Å²) in [5.74, 6) is -0.814. The second-order valence-electron chi connectivity index (χ2n) is 8.39. The van der Waals surface area contributed by atoms with Crippen LogP contribution in [-0.4, -0.2) is 34.2 Å². The van der Waals surface area contributed by atoms with Crippen LogP contribution < -0.4 is 0 Å². The highest BCUT2D eigenvalue weighted by Gasteiger charge is 2.32. The predicted molar refractivity (Wildman–Crippen MR) is 110 cm³/mol. The van der Waals surface area contributed by atoms with E-state index in [1.165, 1.54) is 12.1 Å². The summed E-state index contributed by atoms with van der Waals surface area (Å²) in [6.45, 7) is 0.855. The number of likely N-dealkylation sites (tertiary alicyclic amines) is 1. The van der Waals surface area contributed by atoms with Crippen LogP contribution in [0.1, 0.15) is 50.6 Å². The summed E-state index contributed by atoms with van der Waals surface area (Å²) in [6, 6.07) is 7.12. The van der Waals surface area contributed by atoms with Crippen LogP contribution in [0.3, 0.4) is 0 Å². The number of hydrogen-bond donors (Lipinski definition) is 0. The zero-order valence-electron chi connectivity index (χ0n) is 16.9. The molecule has 1 aromatic carbocycles. The fourth-order valence-corrected chi connectivity index (χ4v) is 4.67. The molecule has 4 nitrogen and oxygen atoms in total. The summed E-state index contributed by atoms with van der Waals surface area (Å²) >= 11 is 0. The van der Waals surface area contributed by atoms with Crippen molar-refractivity contribution in [3.8, 4) is 11.1 Å². The quantitative estimate of drug-likeness (QED) is 0.715. The number of nitrogens with zero attached hydrogens (tertiary/aromatic N) is 2. The number of Topliss-reactive ketones (excluding diaryl/α,β-unsaturated/α-hetero) is 1. The summed E-state index contributed by atoms with van der Waals surface area (Å²) in [5.41, 5.74) is 1.69. The van der Waals surface area contributed by atoms with Crippen molar-refractivity contribution in [2.24, 2.45) is 5.92 Å². The Labute approximate surface area is 175 Å². The zero-order chi connectivity index (χ0) is 21.1. The van der Waals surface area contributed by atoms with Crippen molar-refractivity contribution in [1.29, 1.82) is 0 Å². The highest BCUT2D eigenvalue weighted by atomic mass is 19.1. The van der Waals surface area contributed by atoms with Gasteiger partial charge in [-0.25, -0.2) is 8.78 Å². The molecule has 0 spiro atoms. The molecule has 0 N–H and O–H groups in total. The second kappa shape index (κ2) is 9.02. The topological polar surface area (TPSA) is 50.3 Å². The number of amides is 1. The number of rotatable bonds is 5. The van der Waals surface area contributed by atoms with E-state index in [-0.39, 0.29) is 30.1 Å². The largest absolute Gasteiger partial charge is 0.340 e. The minimum absolute atomic E-state index is 0.0138. The van der Waals surface area contributed by atoms with E-state index >= 15 is 0 Å². The van der Waals surface area contributed by atoms with Crippen molar-refractivity contribution in [2.45, 2.75) is 57.4 Å². The number of benzene rings is 1. The molecule has 0 radical (unpaired) electrons. The summed E-state index contributed by atoms with van der Waals surface area (Å²) in [4.78, 5) is 31.2. The van der Waals surface area contributed by atoms with Crippen molar-refractivity contribution < 1.29 is 18.4 Å². The lowest BCUT2D eigenvalue weighted by Gasteiger charge is -2.38. The predicted octanol–water partition coefficient (Wildman–Crippen LogP) is 4.71. The minimum Gasteiger partial charge on any atom is -0.340 e. The third kappa shape index (κ3) is 4.74. The molecule has 2 aromatic rings. The lowest BCUT2D eigenvalue weighted by atomic mass is 9.81. The van der Waals surface area contributed by atoms with Crippen molar-refractivity contribution in [2.75, 3.05) is 6.54 Å². The van der Waals surface area contributed by atoms with Gasteiger partial charge in [-0.05, 0) is 62.3 Å². The van der Waals surface area contributed by atoms with E-state index in [0.717, 1.165) is 51.1 Å². The minimum atomic E-state index is -0.633. The molecule has 0 unspecified atom stereocenters. The van der Waals surface area contributed by atoms with E-state index in [1.807, 2.05) is 4.90 Å². The number of ketones is 1. The molecular formula is C24H26F2N2O2. The molecule has 6 heteroatoms. The van der Waals surface area contributed by atoms with Gasteiger partial charge < -0.3 is 4.90 Å². The van der Waals surface area contributed by atoms with Crippen LogP contribution in [0.25, 0.3) is 11.1 Å². The van der Waals surface area contributed by atoms with Gasteiger partial charge in [0.1, 0.15) is 17.4 Å². The summed E-state index contributed by atoms with van der Waals surface area (Å²) in [6.07, 6.45) is 7.94. The molecule has 0 bridgehead atoms. The van der Waals surface area contributed by atoms with Gasteiger partial charge in [0.25, 0.3) is 0 Å². The molecule has 1 aliphatic heterocycles. The van der Waals surface area contributed by atoms with E-state index in [2.05, 4.69) is 4.98 Å². The second-order valence-corrected chi connectivity index (χ2v) is 8.39. The van der Waals surface area contributed by atoms with Crippen LogP contribution in [-0.2, 0) is 16.0 Å². The Hall–Kier alpha value is -2.63. The maximum Gasteiger partial charge on any atom is 0.222 e. The van der Waals surface area contributed by atoms with Crippen LogP contribution in [0.2, 0.25) is 0 Å². The number of hydrogen-bond acceptors (Lipinski definition) is 3. The Balaban J connectivity index is 1.32. The zero-order valence-corrected chi connectivity index (χ0v) is 16.9. The lowest BCUT2D eigenvalue weighted by Crippen LogP contribution is -2.45. The number of piperidine rings is 1. The smallest absolute Gasteiger partial charge is 0.222 e. The molecule has 1 amide bonds. The van der Waals surface area contributed by atoms with Gasteiger partial charge in [-0.3, -0.25) is 14.6 Å². The average molecular weight is 412 g/mol. The number of carbonyl (C=O) groups is 2. The normalized spacial score (nSPS) is 22.2. The van der Waals surface area contributed by atoms with E-state index in [4.69, 9.17) is 0 Å². The Bertz CT molecular complexity index is 901. The number of aromatic nitrogens is 1. The molecule has 2 fully saturated rings. The van der Waals surface area contributed by atoms with E-state index in [9.17, 15) is 18.4 Å². The molecule has 1 saturated heterocycles. The van der Waals surface area contributed by atoms with E-state index in [0.29, 0.717) is 23.2 Å². The van der Waals surface area contributed by atoms with Crippen molar-refractivity contribution in [3.63, 3.8) is 0 Å². The van der Waals surface area contributed by atoms with Crippen LogP contribution >= 0.6 is 0 Å². The summed E-state index contributed by atoms with van der Waals surface area (Å²) in [5, 5.41) is 0. The third-order valence-electron chi connectivity index (χ3n) is 6.33. The van der Waals surface area contributed by atoms with Crippen molar-refractivity contribution in [1.82, 2.24) is 9.88 Å². The number of carbonyl (C=O) groups excluding carboxylic acids is 2. The molecule has 4 rings (SSSR count). The van der Waals surface area contributed by atoms with Crippen LogP contribution in [0.5, 0.6) is 0 Å². The van der Waals surface area contributed by atoms with Gasteiger partial charge in [-0.2, -0.15) is 0 Å². The Morgan fingerprint density at radius 3 is 2.37 bits per heavy atom. The number of halogens is 2. The fraction of sp³-hybridized carbons (Fsp3) is 0.458. The van der Waals surface area contributed by atoms with Gasteiger partial charge in [0.15, 0.2) is 0 Å². The summed E-state index contributed by atoms with van der Waals surface area (Å²) in [7, 11) is 0. The van der Waals surface area contributed by atoms with Crippen LogP contribution in [0.4, 0.5) is 8.78 Å². The molecule has 1 aromatic heterocycles. The van der Waals surface area contributed by atoms with E-state index in [1.54, 1.807) is 18.3 Å². The molecule has 0 atom stereocenters. The molecule has 30 heavy (non-hydrogen) atoms. The molecular weight excluding hydrogens is 386 g/mol. The molecule has 1 saturated carbocycles. The van der Waals surface area contributed by atoms with Gasteiger partial charge in [0.2, 0.25) is 5.91 Å². The molecule has 1 aliphatic carbocycles. The monoisotopic (exact) mass is 412 g/mol. The van der Waals surface area contributed by atoms with Gasteiger partial charge in [-0.15, -0.1) is 0 Å². The molecule has 2 aliphatic rings. The molecule has 158 valence electrons. The van der Waals surface area contributed by atoms with E-state index < -0.39 is 11.6 Å². The average Bonchev–Trinajstić information content (AvgIpc) is 2.74. The summed E-state index contributed by atoms with van der Waals surface area (Å²) < 4.78 is 26.8. The van der Waals surface area contributed by atoms with Gasteiger partial charge in [0.05, 0.1) is 0 Å². The van der Waals surface area contributed by atoms with Crippen LogP contribution in [0, 0.1) is 17.6 Å². The lowest BCUT2D eigenvalue weighted by molar-refractivity contribution is -0.136. The first-order valence-electron chi connectivity index (χ1n) is 10.7. The highest BCUT2D eigenvalue weighted by molar-refractivity contribution is 5.83. The maximum atomic E-state index is 13.4. The first-order valence-corrected chi connectivity index (χ1v) is 10.7. The Morgan fingerprint density at radius 1 is 1.00 bits per heavy atom. The van der Waals surface area contributed by atoms with Crippen molar-refractivity contribution >= 4 is 11.7 Å². The third-order valence-corrected chi connectivity index (χ3v) is 6.33. The maximum absolute atomic E-state index is 13.4. The number of pyridine rings is 1.